The molecule has 4 heteroatoms. The summed E-state index contributed by atoms with van der Waals surface area (Å²) in [4.78, 5) is 0. The molecular formula is C11H14BrFO2. The lowest BCUT2D eigenvalue weighted by molar-refractivity contribution is 0.0452. The van der Waals surface area contributed by atoms with E-state index in [1.165, 1.54) is 12.1 Å². The quantitative estimate of drug-likeness (QED) is 0.744. The van der Waals surface area contributed by atoms with Gasteiger partial charge in [0.15, 0.2) is 0 Å². The highest BCUT2D eigenvalue weighted by molar-refractivity contribution is 9.10. The molecule has 0 radical (unpaired) electrons. The van der Waals surface area contributed by atoms with Crippen LogP contribution in [0.3, 0.4) is 0 Å². The number of hydrogen-bond acceptors (Lipinski definition) is 2. The van der Waals surface area contributed by atoms with Crippen molar-refractivity contribution in [2.75, 3.05) is 19.8 Å². The lowest BCUT2D eigenvalue weighted by Crippen LogP contribution is -2.04. The smallest absolute Gasteiger partial charge is 0.124 e. The summed E-state index contributed by atoms with van der Waals surface area (Å²) in [5.74, 6) is -0.257. The van der Waals surface area contributed by atoms with Gasteiger partial charge in [-0.15, -0.1) is 0 Å². The third-order valence-corrected chi connectivity index (χ3v) is 2.23. The topological polar surface area (TPSA) is 18.5 Å². The van der Waals surface area contributed by atoms with Crippen LogP contribution in [0.25, 0.3) is 0 Å². The summed E-state index contributed by atoms with van der Waals surface area (Å²) in [6.07, 6.45) is 0. The van der Waals surface area contributed by atoms with Crippen molar-refractivity contribution < 1.29 is 13.9 Å². The normalized spacial score (nSPS) is 10.6. The Morgan fingerprint density at radius 1 is 1.20 bits per heavy atom. The molecule has 0 amide bonds. The fraction of sp³-hybridized carbons (Fsp3) is 0.455. The molecule has 0 saturated heterocycles. The van der Waals surface area contributed by atoms with Crippen LogP contribution in [0.4, 0.5) is 4.39 Å². The highest BCUT2D eigenvalue weighted by Gasteiger charge is 1.99. The summed E-state index contributed by atoms with van der Waals surface area (Å²) in [5.41, 5.74) is 0.818. The van der Waals surface area contributed by atoms with Crippen LogP contribution in [0.2, 0.25) is 0 Å². The number of halogens is 2. The first-order valence-electron chi connectivity index (χ1n) is 4.83. The van der Waals surface area contributed by atoms with Gasteiger partial charge in [0.1, 0.15) is 5.82 Å². The molecular weight excluding hydrogens is 263 g/mol. The van der Waals surface area contributed by atoms with Gasteiger partial charge in [-0.25, -0.2) is 4.39 Å². The van der Waals surface area contributed by atoms with Crippen molar-refractivity contribution in [3.05, 3.63) is 34.1 Å². The zero-order valence-corrected chi connectivity index (χ0v) is 10.2. The molecule has 0 aliphatic carbocycles. The van der Waals surface area contributed by atoms with Crippen molar-refractivity contribution in [1.29, 1.82) is 0 Å². The molecule has 0 atom stereocenters. The van der Waals surface area contributed by atoms with E-state index in [1.54, 1.807) is 0 Å². The molecule has 0 N–H and O–H groups in total. The van der Waals surface area contributed by atoms with Gasteiger partial charge in [-0.3, -0.25) is 0 Å². The van der Waals surface area contributed by atoms with Gasteiger partial charge in [-0.05, 0) is 30.7 Å². The van der Waals surface area contributed by atoms with Crippen molar-refractivity contribution in [2.45, 2.75) is 13.5 Å². The molecule has 15 heavy (non-hydrogen) atoms. The molecule has 0 aromatic heterocycles. The van der Waals surface area contributed by atoms with Gasteiger partial charge in [0, 0.05) is 11.1 Å². The van der Waals surface area contributed by atoms with Gasteiger partial charge < -0.3 is 9.47 Å². The van der Waals surface area contributed by atoms with Crippen molar-refractivity contribution in [3.8, 4) is 0 Å². The lowest BCUT2D eigenvalue weighted by atomic mass is 10.2. The second-order valence-electron chi connectivity index (χ2n) is 3.03. The number of benzene rings is 1. The van der Waals surface area contributed by atoms with E-state index in [1.807, 2.05) is 13.0 Å². The number of hydrogen-bond donors (Lipinski definition) is 0. The predicted molar refractivity (Wildman–Crippen MR) is 60.2 cm³/mol. The maximum Gasteiger partial charge on any atom is 0.124 e. The van der Waals surface area contributed by atoms with Crippen LogP contribution >= 0.6 is 15.9 Å². The summed E-state index contributed by atoms with van der Waals surface area (Å²) >= 11 is 3.23. The molecule has 0 saturated carbocycles. The molecule has 0 bridgehead atoms. The van der Waals surface area contributed by atoms with Crippen LogP contribution in [0.15, 0.2) is 22.7 Å². The number of rotatable bonds is 6. The third-order valence-electron chi connectivity index (χ3n) is 1.77. The Morgan fingerprint density at radius 3 is 2.60 bits per heavy atom. The van der Waals surface area contributed by atoms with Crippen LogP contribution in [0.1, 0.15) is 12.5 Å². The van der Waals surface area contributed by atoms with E-state index < -0.39 is 0 Å². The second-order valence-corrected chi connectivity index (χ2v) is 3.94. The van der Waals surface area contributed by atoms with E-state index >= 15 is 0 Å². The van der Waals surface area contributed by atoms with Gasteiger partial charge >= 0.3 is 0 Å². The molecule has 0 unspecified atom stereocenters. The van der Waals surface area contributed by atoms with Crippen molar-refractivity contribution >= 4 is 15.9 Å². The molecule has 0 heterocycles. The summed E-state index contributed by atoms with van der Waals surface area (Å²) in [6, 6.07) is 4.72. The van der Waals surface area contributed by atoms with Crippen LogP contribution in [0, 0.1) is 5.82 Å². The van der Waals surface area contributed by atoms with E-state index in [0.29, 0.717) is 26.4 Å². The third kappa shape index (κ3) is 5.25. The summed E-state index contributed by atoms with van der Waals surface area (Å²) < 4.78 is 24.1. The molecule has 0 aliphatic rings. The zero-order valence-electron chi connectivity index (χ0n) is 8.63. The first-order chi connectivity index (χ1) is 7.22. The molecule has 1 rings (SSSR count). The highest BCUT2D eigenvalue weighted by Crippen LogP contribution is 2.15. The predicted octanol–water partition coefficient (Wildman–Crippen LogP) is 3.14. The lowest BCUT2D eigenvalue weighted by Gasteiger charge is -2.05. The highest BCUT2D eigenvalue weighted by atomic mass is 79.9. The SMILES string of the molecule is CCOCCOCc1cc(F)cc(Br)c1. The van der Waals surface area contributed by atoms with E-state index in [-0.39, 0.29) is 5.82 Å². The molecule has 2 nitrogen and oxygen atoms in total. The van der Waals surface area contributed by atoms with E-state index in [0.717, 1.165) is 10.0 Å². The average molecular weight is 277 g/mol. The minimum atomic E-state index is -0.257. The Morgan fingerprint density at radius 2 is 1.93 bits per heavy atom. The van der Waals surface area contributed by atoms with Crippen molar-refractivity contribution in [2.24, 2.45) is 0 Å². The summed E-state index contributed by atoms with van der Waals surface area (Å²) in [7, 11) is 0. The first kappa shape index (κ1) is 12.6. The van der Waals surface area contributed by atoms with Crippen LogP contribution in [-0.4, -0.2) is 19.8 Å². The molecule has 1 aromatic rings. The van der Waals surface area contributed by atoms with Crippen LogP contribution < -0.4 is 0 Å². The molecule has 84 valence electrons. The second kappa shape index (κ2) is 6.93. The fourth-order valence-electron chi connectivity index (χ4n) is 1.15. The van der Waals surface area contributed by atoms with Gasteiger partial charge in [0.2, 0.25) is 0 Å². The van der Waals surface area contributed by atoms with E-state index in [4.69, 9.17) is 9.47 Å². The van der Waals surface area contributed by atoms with Gasteiger partial charge in [0.05, 0.1) is 19.8 Å². The maximum absolute atomic E-state index is 12.9. The minimum absolute atomic E-state index is 0.257. The van der Waals surface area contributed by atoms with Crippen molar-refractivity contribution in [1.82, 2.24) is 0 Å². The van der Waals surface area contributed by atoms with Gasteiger partial charge in [-0.1, -0.05) is 15.9 Å². The number of ether oxygens (including phenoxy) is 2. The molecule has 1 aromatic carbocycles. The molecule has 0 spiro atoms. The maximum atomic E-state index is 12.9. The standard InChI is InChI=1S/C11H14BrFO2/c1-2-14-3-4-15-8-9-5-10(12)7-11(13)6-9/h5-7H,2-4,8H2,1H3. The molecule has 0 aliphatic heterocycles. The fourth-order valence-corrected chi connectivity index (χ4v) is 1.66. The van der Waals surface area contributed by atoms with Crippen LogP contribution in [-0.2, 0) is 16.1 Å². The zero-order chi connectivity index (χ0) is 11.1. The van der Waals surface area contributed by atoms with Gasteiger partial charge in [0.25, 0.3) is 0 Å². The first-order valence-corrected chi connectivity index (χ1v) is 5.62. The van der Waals surface area contributed by atoms with Crippen molar-refractivity contribution in [3.63, 3.8) is 0 Å². The Kier molecular flexibility index (Phi) is 5.83. The summed E-state index contributed by atoms with van der Waals surface area (Å²) in [6.45, 7) is 4.14. The Balaban J connectivity index is 2.31. The Hall–Kier alpha value is -0.450. The minimum Gasteiger partial charge on any atom is -0.379 e. The van der Waals surface area contributed by atoms with E-state index in [9.17, 15) is 4.39 Å². The van der Waals surface area contributed by atoms with Crippen LogP contribution in [0.5, 0.6) is 0 Å². The largest absolute Gasteiger partial charge is 0.379 e. The molecule has 0 fully saturated rings. The monoisotopic (exact) mass is 276 g/mol. The average Bonchev–Trinajstić information content (AvgIpc) is 2.16. The Labute approximate surface area is 97.5 Å². The Bertz CT molecular complexity index is 284. The van der Waals surface area contributed by atoms with Gasteiger partial charge in [-0.2, -0.15) is 0 Å². The summed E-state index contributed by atoms with van der Waals surface area (Å²) in [5, 5.41) is 0. The van der Waals surface area contributed by atoms with E-state index in [2.05, 4.69) is 15.9 Å².